The molecule has 1 unspecified atom stereocenters. The highest BCUT2D eigenvalue weighted by atomic mass is 35.5. The van der Waals surface area contributed by atoms with Gasteiger partial charge in [0.25, 0.3) is 5.91 Å². The number of nitrogens with zero attached hydrogens (tertiary/aromatic N) is 2. The Hall–Kier alpha value is -1.75. The maximum atomic E-state index is 12.2. The van der Waals surface area contributed by atoms with Crippen LogP contribution >= 0.6 is 11.6 Å². The number of amides is 1. The summed E-state index contributed by atoms with van der Waals surface area (Å²) < 4.78 is 6.74. The number of carbonyl (C=O) groups is 1. The minimum absolute atomic E-state index is 0.0469. The third-order valence-corrected chi connectivity index (χ3v) is 3.28. The molecule has 0 radical (unpaired) electrons. The molecule has 0 aromatic carbocycles. The molecule has 2 aromatic rings. The Morgan fingerprint density at radius 3 is 2.89 bits per heavy atom. The van der Waals surface area contributed by atoms with E-state index in [1.165, 1.54) is 4.68 Å². The normalized spacial score (nSPS) is 12.4. The van der Waals surface area contributed by atoms with Gasteiger partial charge in [0.1, 0.15) is 10.9 Å². The van der Waals surface area contributed by atoms with Gasteiger partial charge in [-0.3, -0.25) is 9.48 Å². The molecule has 6 heteroatoms. The van der Waals surface area contributed by atoms with E-state index in [-0.39, 0.29) is 11.9 Å². The number of carbonyl (C=O) groups excluding carboxylic acids is 1. The van der Waals surface area contributed by atoms with E-state index in [2.05, 4.69) is 10.4 Å². The third-order valence-electron chi connectivity index (χ3n) is 2.84. The lowest BCUT2D eigenvalue weighted by Gasteiger charge is -2.12. The Bertz CT molecular complexity index is 575. The van der Waals surface area contributed by atoms with Crippen molar-refractivity contribution >= 4 is 17.5 Å². The molecule has 2 rings (SSSR count). The van der Waals surface area contributed by atoms with Crippen LogP contribution in [0.4, 0.5) is 0 Å². The SMILES string of the molecule is Cc1nn(C)c(Cl)c1C(=O)NC(C)Cc1ccco1. The topological polar surface area (TPSA) is 60.1 Å². The van der Waals surface area contributed by atoms with Crippen LogP contribution in [0.3, 0.4) is 0 Å². The highest BCUT2D eigenvalue weighted by molar-refractivity contribution is 6.33. The van der Waals surface area contributed by atoms with Crippen molar-refractivity contribution in [3.8, 4) is 0 Å². The van der Waals surface area contributed by atoms with E-state index in [0.717, 1.165) is 5.76 Å². The first-order valence-electron chi connectivity index (χ1n) is 6.01. The largest absolute Gasteiger partial charge is 0.469 e. The van der Waals surface area contributed by atoms with E-state index in [1.807, 2.05) is 19.1 Å². The summed E-state index contributed by atoms with van der Waals surface area (Å²) in [5.41, 5.74) is 1.05. The summed E-state index contributed by atoms with van der Waals surface area (Å²) in [4.78, 5) is 12.2. The fourth-order valence-corrected chi connectivity index (χ4v) is 2.23. The van der Waals surface area contributed by atoms with Gasteiger partial charge in [0, 0.05) is 19.5 Å². The van der Waals surface area contributed by atoms with E-state index in [0.29, 0.717) is 22.8 Å². The zero-order valence-corrected chi connectivity index (χ0v) is 11.9. The second-order valence-corrected chi connectivity index (χ2v) is 4.89. The van der Waals surface area contributed by atoms with Crippen molar-refractivity contribution in [2.75, 3.05) is 0 Å². The van der Waals surface area contributed by atoms with Gasteiger partial charge in [0.15, 0.2) is 0 Å². The second-order valence-electron chi connectivity index (χ2n) is 4.53. The van der Waals surface area contributed by atoms with Gasteiger partial charge in [-0.2, -0.15) is 5.10 Å². The molecule has 0 spiro atoms. The van der Waals surface area contributed by atoms with E-state index in [9.17, 15) is 4.79 Å². The van der Waals surface area contributed by atoms with Gasteiger partial charge in [-0.05, 0) is 26.0 Å². The Kier molecular flexibility index (Phi) is 3.95. The van der Waals surface area contributed by atoms with Gasteiger partial charge in [0.2, 0.25) is 0 Å². The lowest BCUT2D eigenvalue weighted by molar-refractivity contribution is 0.0939. The summed E-state index contributed by atoms with van der Waals surface area (Å²) in [7, 11) is 1.71. The van der Waals surface area contributed by atoms with Crippen LogP contribution in [0, 0.1) is 6.92 Å². The first-order chi connectivity index (χ1) is 8.99. The third kappa shape index (κ3) is 2.98. The molecule has 102 valence electrons. The number of furan rings is 1. The number of halogens is 1. The zero-order chi connectivity index (χ0) is 14.0. The molecule has 0 saturated heterocycles. The molecular weight excluding hydrogens is 266 g/mol. The highest BCUT2D eigenvalue weighted by Crippen LogP contribution is 2.18. The van der Waals surface area contributed by atoms with E-state index < -0.39 is 0 Å². The Balaban J connectivity index is 2.04. The summed E-state index contributed by atoms with van der Waals surface area (Å²) in [6, 6.07) is 3.66. The number of hydrogen-bond acceptors (Lipinski definition) is 3. The molecule has 0 bridgehead atoms. The first kappa shape index (κ1) is 13.7. The quantitative estimate of drug-likeness (QED) is 0.936. The molecule has 0 saturated carbocycles. The van der Waals surface area contributed by atoms with Crippen LogP contribution in [0.15, 0.2) is 22.8 Å². The van der Waals surface area contributed by atoms with Crippen LogP contribution in [0.25, 0.3) is 0 Å². The maximum Gasteiger partial charge on any atom is 0.256 e. The van der Waals surface area contributed by atoms with Crippen molar-refractivity contribution in [1.82, 2.24) is 15.1 Å². The molecule has 19 heavy (non-hydrogen) atoms. The molecule has 2 aromatic heterocycles. The summed E-state index contributed by atoms with van der Waals surface area (Å²) in [5.74, 6) is 0.622. The average molecular weight is 282 g/mol. The fourth-order valence-electron chi connectivity index (χ4n) is 1.97. The standard InChI is InChI=1S/C13H16ClN3O2/c1-8(7-10-5-4-6-19-10)15-13(18)11-9(2)16-17(3)12(11)14/h4-6,8H,7H2,1-3H3,(H,15,18). The molecule has 0 aliphatic heterocycles. The molecule has 0 aliphatic carbocycles. The number of aromatic nitrogens is 2. The number of hydrogen-bond donors (Lipinski definition) is 1. The van der Waals surface area contributed by atoms with Gasteiger partial charge in [-0.25, -0.2) is 0 Å². The zero-order valence-electron chi connectivity index (χ0n) is 11.1. The first-order valence-corrected chi connectivity index (χ1v) is 6.39. The average Bonchev–Trinajstić information content (AvgIpc) is 2.88. The van der Waals surface area contributed by atoms with Crippen molar-refractivity contribution in [3.05, 3.63) is 40.6 Å². The smallest absolute Gasteiger partial charge is 0.256 e. The van der Waals surface area contributed by atoms with Gasteiger partial charge in [-0.15, -0.1) is 0 Å². The predicted molar refractivity (Wildman–Crippen MR) is 72.3 cm³/mol. The lowest BCUT2D eigenvalue weighted by atomic mass is 10.1. The van der Waals surface area contributed by atoms with Crippen LogP contribution in [-0.4, -0.2) is 21.7 Å². The van der Waals surface area contributed by atoms with Crippen LogP contribution < -0.4 is 5.32 Å². The van der Waals surface area contributed by atoms with Gasteiger partial charge >= 0.3 is 0 Å². The predicted octanol–water partition coefficient (Wildman–Crippen LogP) is 2.34. The minimum atomic E-state index is -0.213. The molecular formula is C13H16ClN3O2. The van der Waals surface area contributed by atoms with E-state index in [1.54, 1.807) is 20.2 Å². The Labute approximate surface area is 116 Å². The maximum absolute atomic E-state index is 12.2. The Morgan fingerprint density at radius 1 is 1.63 bits per heavy atom. The molecule has 0 aliphatic rings. The monoisotopic (exact) mass is 281 g/mol. The summed E-state index contributed by atoms with van der Waals surface area (Å²) in [6.07, 6.45) is 2.25. The van der Waals surface area contributed by atoms with Crippen molar-refractivity contribution in [2.24, 2.45) is 7.05 Å². The number of nitrogens with one attached hydrogen (secondary N) is 1. The second kappa shape index (κ2) is 5.48. The molecule has 2 heterocycles. The van der Waals surface area contributed by atoms with Gasteiger partial charge in [0.05, 0.1) is 17.5 Å². The van der Waals surface area contributed by atoms with E-state index >= 15 is 0 Å². The molecule has 5 nitrogen and oxygen atoms in total. The summed E-state index contributed by atoms with van der Waals surface area (Å²) in [5, 5.41) is 7.36. The molecule has 1 N–H and O–H groups in total. The summed E-state index contributed by atoms with van der Waals surface area (Å²) >= 11 is 6.06. The van der Waals surface area contributed by atoms with Gasteiger partial charge in [-0.1, -0.05) is 11.6 Å². The fraction of sp³-hybridized carbons (Fsp3) is 0.385. The van der Waals surface area contributed by atoms with Crippen LogP contribution in [0.5, 0.6) is 0 Å². The number of aryl methyl sites for hydroxylation is 2. The van der Waals surface area contributed by atoms with Crippen LogP contribution in [-0.2, 0) is 13.5 Å². The van der Waals surface area contributed by atoms with Crippen molar-refractivity contribution in [2.45, 2.75) is 26.3 Å². The number of rotatable bonds is 4. The van der Waals surface area contributed by atoms with Crippen LogP contribution in [0.1, 0.15) is 28.7 Å². The van der Waals surface area contributed by atoms with Gasteiger partial charge < -0.3 is 9.73 Å². The molecule has 1 atom stereocenters. The Morgan fingerprint density at radius 2 is 2.37 bits per heavy atom. The summed E-state index contributed by atoms with van der Waals surface area (Å²) in [6.45, 7) is 3.68. The molecule has 1 amide bonds. The highest BCUT2D eigenvalue weighted by Gasteiger charge is 2.20. The van der Waals surface area contributed by atoms with E-state index in [4.69, 9.17) is 16.0 Å². The van der Waals surface area contributed by atoms with Crippen molar-refractivity contribution in [3.63, 3.8) is 0 Å². The van der Waals surface area contributed by atoms with Crippen molar-refractivity contribution in [1.29, 1.82) is 0 Å². The lowest BCUT2D eigenvalue weighted by Crippen LogP contribution is -2.34. The molecule has 0 fully saturated rings. The van der Waals surface area contributed by atoms with Crippen molar-refractivity contribution < 1.29 is 9.21 Å². The van der Waals surface area contributed by atoms with Crippen LogP contribution in [0.2, 0.25) is 5.15 Å². The minimum Gasteiger partial charge on any atom is -0.469 e.